The van der Waals surface area contributed by atoms with Gasteiger partial charge in [-0.25, -0.2) is 0 Å². The zero-order valence-electron chi connectivity index (χ0n) is 24.0. The van der Waals surface area contributed by atoms with E-state index in [4.69, 9.17) is 0 Å². The summed E-state index contributed by atoms with van der Waals surface area (Å²) in [6.45, 7) is 3.54. The average Bonchev–Trinajstić information content (AvgIpc) is 2.87. The summed E-state index contributed by atoms with van der Waals surface area (Å²) in [4.78, 5) is 42.6. The topological polar surface area (TPSA) is 229 Å². The fraction of sp³-hybridized carbons (Fsp3) is 0.880. The number of rotatable bonds is 16. The van der Waals surface area contributed by atoms with Crippen LogP contribution >= 0.6 is 0 Å². The molecule has 41 heavy (non-hydrogen) atoms. The first kappa shape index (κ1) is 37.0. The Bertz CT molecular complexity index is 763. The number of nitrogens with zero attached hydrogens (tertiary/aromatic N) is 5. The van der Waals surface area contributed by atoms with E-state index in [1.165, 1.54) is 0 Å². The minimum absolute atomic E-state index is 0.0860. The fourth-order valence-corrected chi connectivity index (χ4v) is 4.72. The van der Waals surface area contributed by atoms with Crippen molar-refractivity contribution in [3.05, 3.63) is 0 Å². The summed E-state index contributed by atoms with van der Waals surface area (Å²) < 4.78 is 0. The molecule has 0 spiro atoms. The van der Waals surface area contributed by atoms with Crippen molar-refractivity contribution in [2.45, 2.75) is 43.9 Å². The van der Waals surface area contributed by atoms with E-state index in [0.29, 0.717) is 26.2 Å². The first-order valence-corrected chi connectivity index (χ1v) is 13.8. The van der Waals surface area contributed by atoms with Crippen LogP contribution in [0.4, 0.5) is 0 Å². The number of likely N-dealkylation sites (N-methyl/N-ethyl adjacent to an activating group) is 1. The molecule has 240 valence electrons. The molecule has 1 unspecified atom stereocenters. The molecular formula is C25H49N5O11. The van der Waals surface area contributed by atoms with Crippen LogP contribution in [0, 0.1) is 0 Å². The predicted octanol–water partition coefficient (Wildman–Crippen LogP) is -4.39. The SMILES string of the molecule is CC[C@@H](O)[C@@H](O)[C@H](O)[C@@H](O)CN(C)CC(O)CN1CCN(CC(=O)O)CCN(CC(=O)O)CCN(CC(=O)O)CC1. The average molecular weight is 596 g/mol. The highest BCUT2D eigenvalue weighted by Gasteiger charge is 2.30. The molecule has 0 aliphatic carbocycles. The highest BCUT2D eigenvalue weighted by Crippen LogP contribution is 2.09. The molecular weight excluding hydrogens is 546 g/mol. The maximum atomic E-state index is 11.4. The number of carbonyl (C=O) groups is 3. The number of carboxylic acid groups (broad SMARTS) is 3. The van der Waals surface area contributed by atoms with Crippen LogP contribution < -0.4 is 0 Å². The summed E-state index contributed by atoms with van der Waals surface area (Å²) in [7, 11) is 1.62. The Labute approximate surface area is 240 Å². The Kier molecular flexibility index (Phi) is 17.4. The lowest BCUT2D eigenvalue weighted by Gasteiger charge is -2.34. The quantitative estimate of drug-likeness (QED) is 0.0842. The van der Waals surface area contributed by atoms with Gasteiger partial charge in [-0.3, -0.25) is 34.0 Å². The molecule has 1 aliphatic rings. The highest BCUT2D eigenvalue weighted by molar-refractivity contribution is 5.69. The Morgan fingerprint density at radius 3 is 1.29 bits per heavy atom. The van der Waals surface area contributed by atoms with Crippen LogP contribution in [0.3, 0.4) is 0 Å². The molecule has 5 atom stereocenters. The minimum Gasteiger partial charge on any atom is -0.480 e. The van der Waals surface area contributed by atoms with Gasteiger partial charge >= 0.3 is 17.9 Å². The Balaban J connectivity index is 2.88. The third-order valence-corrected chi connectivity index (χ3v) is 7.05. The van der Waals surface area contributed by atoms with E-state index in [2.05, 4.69) is 0 Å². The lowest BCUT2D eigenvalue weighted by atomic mass is 10.0. The molecule has 1 rings (SSSR count). The largest absolute Gasteiger partial charge is 0.480 e. The van der Waals surface area contributed by atoms with Gasteiger partial charge in [-0.1, -0.05) is 6.92 Å². The number of aliphatic hydroxyl groups is 5. The van der Waals surface area contributed by atoms with Gasteiger partial charge in [-0.05, 0) is 13.5 Å². The van der Waals surface area contributed by atoms with Crippen molar-refractivity contribution >= 4 is 17.9 Å². The zero-order chi connectivity index (χ0) is 31.1. The lowest BCUT2D eigenvalue weighted by molar-refractivity contribution is -0.140. The Morgan fingerprint density at radius 2 is 0.951 bits per heavy atom. The number of hydrogen-bond donors (Lipinski definition) is 8. The molecule has 1 aliphatic heterocycles. The molecule has 0 aromatic carbocycles. The molecule has 0 amide bonds. The summed E-state index contributed by atoms with van der Waals surface area (Å²) in [5.74, 6) is -3.09. The second-order valence-electron chi connectivity index (χ2n) is 10.7. The lowest BCUT2D eigenvalue weighted by Crippen LogP contribution is -2.51. The number of aliphatic carboxylic acids is 3. The molecule has 0 saturated carbocycles. The first-order chi connectivity index (χ1) is 19.2. The number of hydrogen-bond acceptors (Lipinski definition) is 13. The van der Waals surface area contributed by atoms with E-state index in [9.17, 15) is 55.2 Å². The molecule has 0 bridgehead atoms. The Morgan fingerprint density at radius 1 is 0.610 bits per heavy atom. The van der Waals surface area contributed by atoms with Gasteiger partial charge in [0, 0.05) is 72.0 Å². The van der Waals surface area contributed by atoms with Crippen LogP contribution in [0.1, 0.15) is 13.3 Å². The van der Waals surface area contributed by atoms with Gasteiger partial charge in [0.05, 0.1) is 37.9 Å². The molecule has 0 radical (unpaired) electrons. The van der Waals surface area contributed by atoms with E-state index in [1.54, 1.807) is 33.6 Å². The monoisotopic (exact) mass is 595 g/mol. The van der Waals surface area contributed by atoms with Crippen molar-refractivity contribution in [3.8, 4) is 0 Å². The van der Waals surface area contributed by atoms with Crippen molar-refractivity contribution in [3.63, 3.8) is 0 Å². The van der Waals surface area contributed by atoms with Gasteiger partial charge in [-0.15, -0.1) is 0 Å². The summed E-state index contributed by atoms with van der Waals surface area (Å²) in [6.07, 6.45) is -6.38. The van der Waals surface area contributed by atoms with Gasteiger partial charge in [0.1, 0.15) is 12.2 Å². The minimum atomic E-state index is -1.58. The molecule has 0 aromatic heterocycles. The van der Waals surface area contributed by atoms with Gasteiger partial charge in [0.25, 0.3) is 0 Å². The predicted molar refractivity (Wildman–Crippen MR) is 146 cm³/mol. The van der Waals surface area contributed by atoms with Crippen LogP contribution in [0.5, 0.6) is 0 Å². The van der Waals surface area contributed by atoms with E-state index in [1.807, 2.05) is 4.90 Å². The number of aliphatic hydroxyl groups excluding tert-OH is 5. The molecule has 1 fully saturated rings. The zero-order valence-corrected chi connectivity index (χ0v) is 24.0. The molecule has 1 heterocycles. The summed E-state index contributed by atoms with van der Waals surface area (Å²) >= 11 is 0. The molecule has 16 nitrogen and oxygen atoms in total. The smallest absolute Gasteiger partial charge is 0.317 e. The van der Waals surface area contributed by atoms with Crippen molar-refractivity contribution in [2.75, 3.05) is 98.7 Å². The molecule has 16 heteroatoms. The van der Waals surface area contributed by atoms with E-state index in [0.717, 1.165) is 0 Å². The number of carboxylic acids is 3. The van der Waals surface area contributed by atoms with Crippen molar-refractivity contribution in [2.24, 2.45) is 0 Å². The van der Waals surface area contributed by atoms with Crippen molar-refractivity contribution in [1.29, 1.82) is 0 Å². The molecule has 0 aromatic rings. The van der Waals surface area contributed by atoms with Gasteiger partial charge < -0.3 is 45.8 Å². The maximum absolute atomic E-state index is 11.4. The van der Waals surface area contributed by atoms with Crippen LogP contribution in [-0.4, -0.2) is 212 Å². The van der Waals surface area contributed by atoms with Crippen LogP contribution in [0.25, 0.3) is 0 Å². The van der Waals surface area contributed by atoms with E-state index >= 15 is 0 Å². The fourth-order valence-electron chi connectivity index (χ4n) is 4.72. The third kappa shape index (κ3) is 15.7. The first-order valence-electron chi connectivity index (χ1n) is 13.8. The standard InChI is InChI=1S/C25H49N5O11/c1-3-19(32)24(40)25(41)20(33)14-26(2)12-18(31)13-27-4-6-28(15-21(34)35)8-10-30(17-23(38)39)11-9-29(7-5-27)16-22(36)37/h18-20,24-25,31-33,40-41H,3-17H2,1-2H3,(H,34,35)(H,36,37)(H,38,39)/t18?,19-,20+,24-,25-/m1/s1. The van der Waals surface area contributed by atoms with Crippen molar-refractivity contribution < 1.29 is 55.2 Å². The van der Waals surface area contributed by atoms with Gasteiger partial charge in [-0.2, -0.15) is 0 Å². The van der Waals surface area contributed by atoms with Gasteiger partial charge in [0.2, 0.25) is 0 Å². The summed E-state index contributed by atoms with van der Waals surface area (Å²) in [5, 5.41) is 78.8. The van der Waals surface area contributed by atoms with E-state index < -0.39 is 48.4 Å². The third-order valence-electron chi connectivity index (χ3n) is 7.05. The maximum Gasteiger partial charge on any atom is 0.317 e. The second-order valence-corrected chi connectivity index (χ2v) is 10.7. The second kappa shape index (κ2) is 19.2. The summed E-state index contributed by atoms with van der Waals surface area (Å²) in [6, 6.07) is 0. The van der Waals surface area contributed by atoms with Crippen LogP contribution in [0.2, 0.25) is 0 Å². The van der Waals surface area contributed by atoms with Crippen LogP contribution in [0.15, 0.2) is 0 Å². The summed E-state index contributed by atoms with van der Waals surface area (Å²) in [5.41, 5.74) is 0. The van der Waals surface area contributed by atoms with Crippen LogP contribution in [-0.2, 0) is 14.4 Å². The molecule has 1 saturated heterocycles. The molecule has 8 N–H and O–H groups in total. The number of β-amino-alcohol motifs (C(OH)–C–C–N with tert-alkyl or cyclic N) is 1. The Hall–Kier alpha value is -1.99. The highest BCUT2D eigenvalue weighted by atomic mass is 16.4. The van der Waals surface area contributed by atoms with Gasteiger partial charge in [0.15, 0.2) is 0 Å². The van der Waals surface area contributed by atoms with E-state index in [-0.39, 0.29) is 71.9 Å². The normalized spacial score (nSPS) is 21.4. The van der Waals surface area contributed by atoms with Crippen molar-refractivity contribution in [1.82, 2.24) is 24.5 Å².